The van der Waals surface area contributed by atoms with Crippen LogP contribution in [0.25, 0.3) is 11.3 Å². The zero-order valence-corrected chi connectivity index (χ0v) is 12.0. The lowest BCUT2D eigenvalue weighted by Crippen LogP contribution is -1.85. The van der Waals surface area contributed by atoms with Gasteiger partial charge in [-0.2, -0.15) is 12.6 Å². The smallest absolute Gasteiger partial charge is 0.0932 e. The van der Waals surface area contributed by atoms with E-state index in [0.717, 1.165) is 28.8 Å². The third-order valence-corrected chi connectivity index (χ3v) is 3.99. The van der Waals surface area contributed by atoms with Crippen LogP contribution in [-0.2, 0) is 6.42 Å². The molecule has 2 rings (SSSR count). The highest BCUT2D eigenvalue weighted by molar-refractivity contribution is 9.10. The second kappa shape index (κ2) is 5.84. The van der Waals surface area contributed by atoms with Crippen molar-refractivity contribution >= 4 is 39.9 Å². The first-order valence-electron chi connectivity index (χ1n) is 5.11. The van der Waals surface area contributed by atoms with E-state index >= 15 is 0 Å². The van der Waals surface area contributed by atoms with E-state index in [9.17, 15) is 0 Å². The Morgan fingerprint density at radius 2 is 2.00 bits per heavy atom. The van der Waals surface area contributed by atoms with Crippen molar-refractivity contribution in [2.24, 2.45) is 0 Å². The van der Waals surface area contributed by atoms with Crippen LogP contribution in [0.3, 0.4) is 0 Å². The molecule has 0 aliphatic carbocycles. The van der Waals surface area contributed by atoms with E-state index in [1.54, 1.807) is 11.3 Å². The SMILES string of the molecule is SCCCc1nc(-c2ccc(Br)cc2)cs1. The fourth-order valence-electron chi connectivity index (χ4n) is 1.41. The maximum Gasteiger partial charge on any atom is 0.0932 e. The Hall–Kier alpha value is -0.320. The quantitative estimate of drug-likeness (QED) is 0.824. The van der Waals surface area contributed by atoms with Crippen molar-refractivity contribution in [3.05, 3.63) is 39.1 Å². The van der Waals surface area contributed by atoms with Gasteiger partial charge in [-0.05, 0) is 24.3 Å². The molecule has 0 bridgehead atoms. The summed E-state index contributed by atoms with van der Waals surface area (Å²) < 4.78 is 1.10. The van der Waals surface area contributed by atoms with Crippen molar-refractivity contribution in [2.45, 2.75) is 12.8 Å². The first kappa shape index (κ1) is 12.1. The number of aromatic nitrogens is 1. The van der Waals surface area contributed by atoms with Crippen LogP contribution in [0.1, 0.15) is 11.4 Å². The lowest BCUT2D eigenvalue weighted by molar-refractivity contribution is 0.923. The minimum Gasteiger partial charge on any atom is -0.241 e. The van der Waals surface area contributed by atoms with Crippen LogP contribution in [0.2, 0.25) is 0 Å². The van der Waals surface area contributed by atoms with E-state index in [-0.39, 0.29) is 0 Å². The number of thiol groups is 1. The van der Waals surface area contributed by atoms with Gasteiger partial charge in [0.25, 0.3) is 0 Å². The van der Waals surface area contributed by atoms with Crippen LogP contribution in [0.4, 0.5) is 0 Å². The Bertz CT molecular complexity index is 450. The predicted octanol–water partition coefficient (Wildman–Crippen LogP) is 4.44. The molecule has 0 aliphatic heterocycles. The lowest BCUT2D eigenvalue weighted by atomic mass is 10.2. The molecule has 84 valence electrons. The summed E-state index contributed by atoms with van der Waals surface area (Å²) in [7, 11) is 0. The number of aryl methyl sites for hydroxylation is 1. The highest BCUT2D eigenvalue weighted by Gasteiger charge is 2.03. The van der Waals surface area contributed by atoms with Crippen LogP contribution in [0, 0.1) is 0 Å². The van der Waals surface area contributed by atoms with Gasteiger partial charge >= 0.3 is 0 Å². The third kappa shape index (κ3) is 3.09. The van der Waals surface area contributed by atoms with Gasteiger partial charge in [-0.25, -0.2) is 4.98 Å². The molecule has 0 aliphatic rings. The largest absolute Gasteiger partial charge is 0.241 e. The molecule has 0 amide bonds. The van der Waals surface area contributed by atoms with Gasteiger partial charge in [0.15, 0.2) is 0 Å². The minimum atomic E-state index is 0.924. The van der Waals surface area contributed by atoms with Crippen LogP contribution >= 0.6 is 39.9 Å². The van der Waals surface area contributed by atoms with Gasteiger partial charge < -0.3 is 0 Å². The summed E-state index contributed by atoms with van der Waals surface area (Å²) in [6.45, 7) is 0. The summed E-state index contributed by atoms with van der Waals surface area (Å²) in [4.78, 5) is 4.62. The molecule has 0 unspecified atom stereocenters. The summed E-state index contributed by atoms with van der Waals surface area (Å²) in [6.07, 6.45) is 2.13. The fourth-order valence-corrected chi connectivity index (χ4v) is 2.68. The maximum atomic E-state index is 4.62. The normalized spacial score (nSPS) is 10.6. The standard InChI is InChI=1S/C12H12BrNS2/c13-10-5-3-9(4-6-10)11-8-16-12(14-11)2-1-7-15/h3-6,8,15H,1-2,7H2. The highest BCUT2D eigenvalue weighted by Crippen LogP contribution is 2.24. The Morgan fingerprint density at radius 3 is 2.69 bits per heavy atom. The Labute approximate surface area is 113 Å². The van der Waals surface area contributed by atoms with Gasteiger partial charge in [-0.15, -0.1) is 11.3 Å². The van der Waals surface area contributed by atoms with E-state index in [4.69, 9.17) is 0 Å². The molecule has 1 nitrogen and oxygen atoms in total. The molecule has 0 saturated carbocycles. The summed E-state index contributed by atoms with van der Waals surface area (Å²) in [5, 5.41) is 3.32. The van der Waals surface area contributed by atoms with Gasteiger partial charge in [0, 0.05) is 21.8 Å². The van der Waals surface area contributed by atoms with Gasteiger partial charge in [-0.3, -0.25) is 0 Å². The van der Waals surface area contributed by atoms with Gasteiger partial charge in [-0.1, -0.05) is 28.1 Å². The average Bonchev–Trinajstić information content (AvgIpc) is 2.76. The first-order valence-corrected chi connectivity index (χ1v) is 7.41. The maximum absolute atomic E-state index is 4.62. The molecule has 0 spiro atoms. The predicted molar refractivity (Wildman–Crippen MR) is 77.4 cm³/mol. The van der Waals surface area contributed by atoms with Crippen LogP contribution in [0.5, 0.6) is 0 Å². The molecule has 0 atom stereocenters. The van der Waals surface area contributed by atoms with E-state index in [1.807, 2.05) is 12.1 Å². The molecule has 4 heteroatoms. The zero-order valence-electron chi connectivity index (χ0n) is 8.69. The van der Waals surface area contributed by atoms with Gasteiger partial charge in [0.05, 0.1) is 10.7 Å². The number of nitrogens with zero attached hydrogens (tertiary/aromatic N) is 1. The second-order valence-corrected chi connectivity index (χ2v) is 5.77. The summed E-state index contributed by atoms with van der Waals surface area (Å²) in [5.74, 6) is 0.924. The van der Waals surface area contributed by atoms with Crippen molar-refractivity contribution in [1.82, 2.24) is 4.98 Å². The summed E-state index contributed by atoms with van der Waals surface area (Å²) in [6, 6.07) is 8.26. The molecule has 0 saturated heterocycles. The zero-order chi connectivity index (χ0) is 11.4. The first-order chi connectivity index (χ1) is 7.79. The highest BCUT2D eigenvalue weighted by atomic mass is 79.9. The molecule has 0 N–H and O–H groups in total. The minimum absolute atomic E-state index is 0.924. The molecular formula is C12H12BrNS2. The van der Waals surface area contributed by atoms with Crippen molar-refractivity contribution in [2.75, 3.05) is 5.75 Å². The monoisotopic (exact) mass is 313 g/mol. The van der Waals surface area contributed by atoms with Crippen molar-refractivity contribution in [3.8, 4) is 11.3 Å². The topological polar surface area (TPSA) is 12.9 Å². The molecule has 1 heterocycles. The average molecular weight is 314 g/mol. The molecule has 1 aromatic heterocycles. The number of hydrogen-bond donors (Lipinski definition) is 1. The number of rotatable bonds is 4. The van der Waals surface area contributed by atoms with Crippen molar-refractivity contribution < 1.29 is 0 Å². The van der Waals surface area contributed by atoms with Crippen LogP contribution in [-0.4, -0.2) is 10.7 Å². The van der Waals surface area contributed by atoms with Crippen LogP contribution < -0.4 is 0 Å². The number of benzene rings is 1. The second-order valence-electron chi connectivity index (χ2n) is 3.46. The lowest BCUT2D eigenvalue weighted by Gasteiger charge is -1.96. The summed E-state index contributed by atoms with van der Waals surface area (Å²) in [5.41, 5.74) is 2.25. The van der Waals surface area contributed by atoms with Crippen molar-refractivity contribution in [3.63, 3.8) is 0 Å². The fraction of sp³-hybridized carbons (Fsp3) is 0.250. The molecule has 0 fully saturated rings. The van der Waals surface area contributed by atoms with E-state index < -0.39 is 0 Å². The molecule has 0 radical (unpaired) electrons. The Kier molecular flexibility index (Phi) is 4.44. The van der Waals surface area contributed by atoms with E-state index in [0.29, 0.717) is 0 Å². The van der Waals surface area contributed by atoms with E-state index in [2.05, 4.69) is 51.1 Å². The number of halogens is 1. The summed E-state index contributed by atoms with van der Waals surface area (Å²) >= 11 is 9.37. The van der Waals surface area contributed by atoms with Crippen molar-refractivity contribution in [1.29, 1.82) is 0 Å². The van der Waals surface area contributed by atoms with Gasteiger partial charge in [0.2, 0.25) is 0 Å². The Morgan fingerprint density at radius 1 is 1.25 bits per heavy atom. The Balaban J connectivity index is 2.15. The molecule has 2 aromatic rings. The molecule has 16 heavy (non-hydrogen) atoms. The number of hydrogen-bond acceptors (Lipinski definition) is 3. The van der Waals surface area contributed by atoms with Gasteiger partial charge in [0.1, 0.15) is 0 Å². The number of thiazole rings is 1. The third-order valence-electron chi connectivity index (χ3n) is 2.24. The molecule has 1 aromatic carbocycles. The van der Waals surface area contributed by atoms with E-state index in [1.165, 1.54) is 10.6 Å². The molecular weight excluding hydrogens is 302 g/mol. The van der Waals surface area contributed by atoms with Crippen LogP contribution in [0.15, 0.2) is 34.1 Å².